The van der Waals surface area contributed by atoms with E-state index in [0.717, 1.165) is 30.7 Å². The highest BCUT2D eigenvalue weighted by atomic mass is 32.2. The summed E-state index contributed by atoms with van der Waals surface area (Å²) >= 11 is 1.52. The highest BCUT2D eigenvalue weighted by molar-refractivity contribution is 7.89. The van der Waals surface area contributed by atoms with Crippen LogP contribution in [0, 0.1) is 5.92 Å². The largest absolute Gasteiger partial charge is 0.312 e. The molecule has 0 aromatic carbocycles. The van der Waals surface area contributed by atoms with Gasteiger partial charge in [-0.15, -0.1) is 11.3 Å². The highest BCUT2D eigenvalue weighted by Gasteiger charge is 2.35. The number of nitrogens with zero attached hydrogens (tertiary/aromatic N) is 1. The van der Waals surface area contributed by atoms with Gasteiger partial charge in [0.1, 0.15) is 0 Å². The first kappa shape index (κ1) is 16.9. The van der Waals surface area contributed by atoms with Gasteiger partial charge in [-0.25, -0.2) is 8.42 Å². The van der Waals surface area contributed by atoms with Crippen LogP contribution in [0.1, 0.15) is 44.9 Å². The van der Waals surface area contributed by atoms with E-state index in [9.17, 15) is 8.42 Å². The van der Waals surface area contributed by atoms with Gasteiger partial charge in [0.15, 0.2) is 0 Å². The van der Waals surface area contributed by atoms with Gasteiger partial charge in [-0.05, 0) is 50.1 Å². The molecule has 2 heterocycles. The number of hydrogen-bond acceptors (Lipinski definition) is 4. The number of piperidine rings is 1. The molecule has 1 aliphatic heterocycles. The molecule has 2 unspecified atom stereocenters. The highest BCUT2D eigenvalue weighted by Crippen LogP contribution is 2.31. The normalized spacial score (nSPS) is 24.3. The predicted molar refractivity (Wildman–Crippen MR) is 88.1 cm³/mol. The Bertz CT molecular complexity index is 554. The second kappa shape index (κ2) is 7.22. The Hall–Kier alpha value is -0.430. The summed E-state index contributed by atoms with van der Waals surface area (Å²) in [5.41, 5.74) is 0. The van der Waals surface area contributed by atoms with Crippen molar-refractivity contribution in [3.63, 3.8) is 0 Å². The summed E-state index contributed by atoms with van der Waals surface area (Å²) in [4.78, 5) is 1.42. The minimum atomic E-state index is -3.36. The summed E-state index contributed by atoms with van der Waals surface area (Å²) in [6.07, 6.45) is 3.12. The average molecular weight is 331 g/mol. The van der Waals surface area contributed by atoms with Gasteiger partial charge < -0.3 is 5.32 Å². The molecule has 1 aliphatic rings. The minimum absolute atomic E-state index is 0.0834. The molecular formula is C15H26N2O2S2. The number of sulfonamides is 1. The van der Waals surface area contributed by atoms with Crippen molar-refractivity contribution >= 4 is 21.4 Å². The molecule has 1 aromatic heterocycles. The van der Waals surface area contributed by atoms with Crippen LogP contribution >= 0.6 is 11.3 Å². The maximum absolute atomic E-state index is 13.0. The Balaban J connectivity index is 2.21. The lowest BCUT2D eigenvalue weighted by Crippen LogP contribution is -2.46. The van der Waals surface area contributed by atoms with Crippen molar-refractivity contribution in [3.05, 3.63) is 16.3 Å². The van der Waals surface area contributed by atoms with Gasteiger partial charge in [-0.2, -0.15) is 4.31 Å². The molecule has 2 rings (SSSR count). The second-order valence-electron chi connectivity index (χ2n) is 5.86. The van der Waals surface area contributed by atoms with Crippen molar-refractivity contribution in [2.24, 2.45) is 5.92 Å². The lowest BCUT2D eigenvalue weighted by molar-refractivity contribution is 0.202. The molecule has 2 atom stereocenters. The van der Waals surface area contributed by atoms with Gasteiger partial charge in [0.2, 0.25) is 10.0 Å². The van der Waals surface area contributed by atoms with E-state index >= 15 is 0 Å². The second-order valence-corrected chi connectivity index (χ2v) is 8.72. The first-order valence-corrected chi connectivity index (χ1v) is 10.1. The Kier molecular flexibility index (Phi) is 5.82. The third kappa shape index (κ3) is 3.67. The zero-order valence-electron chi connectivity index (χ0n) is 13.1. The standard InChI is InChI=1S/C15H26N2O2S2/c1-4-8-16-11-14-15(7-10-20-14)21(18,19)17-9-5-6-12(2)13(17)3/h7,10,12-13,16H,4-6,8-9,11H2,1-3H3. The Labute approximate surface area is 132 Å². The molecular weight excluding hydrogens is 304 g/mol. The molecule has 0 aliphatic carbocycles. The maximum Gasteiger partial charge on any atom is 0.244 e. The molecule has 1 N–H and O–H groups in total. The fraction of sp³-hybridized carbons (Fsp3) is 0.733. The van der Waals surface area contributed by atoms with E-state index in [1.54, 1.807) is 10.4 Å². The van der Waals surface area contributed by atoms with Gasteiger partial charge in [-0.3, -0.25) is 0 Å². The molecule has 1 saturated heterocycles. The molecule has 0 saturated carbocycles. The molecule has 0 bridgehead atoms. The molecule has 21 heavy (non-hydrogen) atoms. The van der Waals surface area contributed by atoms with E-state index in [1.165, 1.54) is 11.3 Å². The summed E-state index contributed by atoms with van der Waals surface area (Å²) in [7, 11) is -3.36. The molecule has 4 nitrogen and oxygen atoms in total. The van der Waals surface area contributed by atoms with Crippen LogP contribution in [0.4, 0.5) is 0 Å². The molecule has 0 amide bonds. The summed E-state index contributed by atoms with van der Waals surface area (Å²) in [6, 6.07) is 1.84. The van der Waals surface area contributed by atoms with E-state index in [2.05, 4.69) is 19.2 Å². The molecule has 1 aromatic rings. The van der Waals surface area contributed by atoms with Crippen LogP contribution in [0.5, 0.6) is 0 Å². The number of hydrogen-bond donors (Lipinski definition) is 1. The van der Waals surface area contributed by atoms with Crippen LogP contribution in [0.3, 0.4) is 0 Å². The Morgan fingerprint density at radius 1 is 1.43 bits per heavy atom. The lowest BCUT2D eigenvalue weighted by atomic mass is 9.94. The summed E-state index contributed by atoms with van der Waals surface area (Å²) in [6.45, 7) is 8.47. The average Bonchev–Trinajstić information content (AvgIpc) is 2.91. The molecule has 1 fully saturated rings. The van der Waals surface area contributed by atoms with Crippen molar-refractivity contribution in [2.45, 2.75) is 57.5 Å². The van der Waals surface area contributed by atoms with Crippen LogP contribution in [0.25, 0.3) is 0 Å². The van der Waals surface area contributed by atoms with E-state index in [1.807, 2.05) is 12.3 Å². The van der Waals surface area contributed by atoms with Gasteiger partial charge in [0.25, 0.3) is 0 Å². The van der Waals surface area contributed by atoms with Gasteiger partial charge >= 0.3 is 0 Å². The van der Waals surface area contributed by atoms with Crippen LogP contribution < -0.4 is 5.32 Å². The van der Waals surface area contributed by atoms with Crippen LogP contribution in [-0.2, 0) is 16.6 Å². The van der Waals surface area contributed by atoms with Gasteiger partial charge in [0.05, 0.1) is 4.90 Å². The van der Waals surface area contributed by atoms with Gasteiger partial charge in [0, 0.05) is 24.0 Å². The topological polar surface area (TPSA) is 49.4 Å². The maximum atomic E-state index is 13.0. The first-order chi connectivity index (χ1) is 9.98. The Morgan fingerprint density at radius 3 is 2.90 bits per heavy atom. The fourth-order valence-electron chi connectivity index (χ4n) is 2.83. The third-order valence-corrected chi connectivity index (χ3v) is 7.44. The van der Waals surface area contributed by atoms with E-state index in [4.69, 9.17) is 0 Å². The quantitative estimate of drug-likeness (QED) is 0.816. The summed E-state index contributed by atoms with van der Waals surface area (Å²) < 4.78 is 27.6. The minimum Gasteiger partial charge on any atom is -0.312 e. The summed E-state index contributed by atoms with van der Waals surface area (Å²) in [5, 5.41) is 5.18. The van der Waals surface area contributed by atoms with E-state index in [0.29, 0.717) is 23.9 Å². The molecule has 6 heteroatoms. The molecule has 0 spiro atoms. The number of thiophene rings is 1. The smallest absolute Gasteiger partial charge is 0.244 e. The number of nitrogens with one attached hydrogen (secondary N) is 1. The van der Waals surface area contributed by atoms with Crippen LogP contribution in [-0.4, -0.2) is 31.9 Å². The molecule has 120 valence electrons. The first-order valence-electron chi connectivity index (χ1n) is 7.77. The van der Waals surface area contributed by atoms with Crippen molar-refractivity contribution in [2.75, 3.05) is 13.1 Å². The number of rotatable bonds is 6. The zero-order valence-corrected chi connectivity index (χ0v) is 14.8. The monoisotopic (exact) mass is 330 g/mol. The van der Waals surface area contributed by atoms with E-state index in [-0.39, 0.29) is 6.04 Å². The molecule has 0 radical (unpaired) electrons. The fourth-order valence-corrected chi connectivity index (χ4v) is 5.98. The van der Waals surface area contributed by atoms with E-state index < -0.39 is 10.0 Å². The van der Waals surface area contributed by atoms with Gasteiger partial charge in [-0.1, -0.05) is 13.8 Å². The van der Waals surface area contributed by atoms with Crippen LogP contribution in [0.2, 0.25) is 0 Å². The predicted octanol–water partition coefficient (Wildman–Crippen LogP) is 3.06. The summed E-state index contributed by atoms with van der Waals surface area (Å²) in [5.74, 6) is 0.425. The van der Waals surface area contributed by atoms with Crippen molar-refractivity contribution < 1.29 is 8.42 Å². The Morgan fingerprint density at radius 2 is 2.19 bits per heavy atom. The third-order valence-electron chi connectivity index (χ3n) is 4.32. The zero-order chi connectivity index (χ0) is 15.5. The van der Waals surface area contributed by atoms with Crippen molar-refractivity contribution in [1.82, 2.24) is 9.62 Å². The van der Waals surface area contributed by atoms with Crippen molar-refractivity contribution in [3.8, 4) is 0 Å². The SMILES string of the molecule is CCCNCc1sccc1S(=O)(=O)N1CCCC(C)C1C. The van der Waals surface area contributed by atoms with Crippen LogP contribution in [0.15, 0.2) is 16.3 Å². The lowest BCUT2D eigenvalue weighted by Gasteiger charge is -2.36. The van der Waals surface area contributed by atoms with Crippen molar-refractivity contribution in [1.29, 1.82) is 0 Å².